The third kappa shape index (κ3) is 3.97. The van der Waals surface area contributed by atoms with Gasteiger partial charge in [-0.25, -0.2) is 4.39 Å². The lowest BCUT2D eigenvalue weighted by molar-refractivity contribution is 0.00562. The van der Waals surface area contributed by atoms with Crippen molar-refractivity contribution >= 4 is 11.5 Å². The van der Waals surface area contributed by atoms with Gasteiger partial charge in [0, 0.05) is 68.0 Å². The van der Waals surface area contributed by atoms with Crippen LogP contribution in [0.4, 0.5) is 10.1 Å². The van der Waals surface area contributed by atoms with Crippen LogP contribution in [0, 0.1) is 5.82 Å². The van der Waals surface area contributed by atoms with E-state index in [0.717, 1.165) is 39.1 Å². The van der Waals surface area contributed by atoms with Crippen LogP contribution < -0.4 is 4.90 Å². The fraction of sp³-hybridized carbons (Fsp3) is 0.519. The lowest BCUT2D eigenvalue weighted by Gasteiger charge is -2.47. The second-order valence-electron chi connectivity index (χ2n) is 9.23. The molecule has 5 heteroatoms. The zero-order chi connectivity index (χ0) is 22.9. The van der Waals surface area contributed by atoms with E-state index < -0.39 is 0 Å². The number of hydrogen-bond acceptors (Lipinski definition) is 4. The van der Waals surface area contributed by atoms with E-state index in [9.17, 15) is 9.18 Å². The molecule has 4 nitrogen and oxygen atoms in total. The van der Waals surface area contributed by atoms with Gasteiger partial charge in [0.2, 0.25) is 0 Å². The Morgan fingerprint density at radius 1 is 1.09 bits per heavy atom. The minimum absolute atomic E-state index is 0.103. The van der Waals surface area contributed by atoms with Gasteiger partial charge in [-0.3, -0.25) is 9.69 Å². The Balaban J connectivity index is 0.00000119. The molecule has 172 valence electrons. The Hall–Kier alpha value is -2.24. The summed E-state index contributed by atoms with van der Waals surface area (Å²) >= 11 is 0. The second kappa shape index (κ2) is 9.32. The van der Waals surface area contributed by atoms with Crippen LogP contribution in [0.25, 0.3) is 0 Å². The lowest BCUT2D eigenvalue weighted by Crippen LogP contribution is -2.53. The van der Waals surface area contributed by atoms with Crippen LogP contribution in [0.5, 0.6) is 0 Å². The molecule has 0 spiro atoms. The standard InChI is InChI=1S/C25H30FN3O.C2H6/c1-25-12-14-27(2)21-6-3-5-20(24(21)25)22-17-28(15-16-29(22)25)13-4-7-23(30)18-8-10-19(26)11-9-18;1-2/h3,5-6,8-11,22H,4,7,12-17H2,1-2H3;1-2H3. The molecule has 0 aliphatic carbocycles. The number of benzene rings is 2. The van der Waals surface area contributed by atoms with Crippen molar-refractivity contribution in [2.45, 2.75) is 51.6 Å². The first-order chi connectivity index (χ1) is 15.5. The number of anilines is 1. The number of carbonyl (C=O) groups is 1. The molecule has 1 saturated heterocycles. The molecule has 2 aromatic rings. The summed E-state index contributed by atoms with van der Waals surface area (Å²) in [4.78, 5) is 20.0. The topological polar surface area (TPSA) is 26.8 Å². The quantitative estimate of drug-likeness (QED) is 0.598. The molecule has 0 saturated carbocycles. The van der Waals surface area contributed by atoms with Crippen molar-refractivity contribution in [2.24, 2.45) is 0 Å². The molecular weight excluding hydrogens is 401 g/mol. The average Bonchev–Trinajstić information content (AvgIpc) is 3.07. The number of nitrogens with zero attached hydrogens (tertiary/aromatic N) is 3. The van der Waals surface area contributed by atoms with Crippen molar-refractivity contribution < 1.29 is 9.18 Å². The molecular formula is C27H36FN3O. The zero-order valence-electron chi connectivity index (χ0n) is 19.9. The van der Waals surface area contributed by atoms with Crippen molar-refractivity contribution in [3.63, 3.8) is 0 Å². The van der Waals surface area contributed by atoms with Crippen molar-refractivity contribution in [1.82, 2.24) is 9.80 Å². The highest BCUT2D eigenvalue weighted by Gasteiger charge is 2.51. The minimum Gasteiger partial charge on any atom is -0.374 e. The molecule has 0 aromatic heterocycles. The zero-order valence-corrected chi connectivity index (χ0v) is 19.9. The van der Waals surface area contributed by atoms with Crippen LogP contribution in [0.1, 0.15) is 67.6 Å². The molecule has 0 bridgehead atoms. The van der Waals surface area contributed by atoms with Crippen LogP contribution >= 0.6 is 0 Å². The highest BCUT2D eigenvalue weighted by molar-refractivity contribution is 5.95. The van der Waals surface area contributed by atoms with Crippen LogP contribution in [-0.2, 0) is 5.54 Å². The Morgan fingerprint density at radius 2 is 1.84 bits per heavy atom. The third-order valence-corrected chi connectivity index (χ3v) is 7.46. The molecule has 32 heavy (non-hydrogen) atoms. The van der Waals surface area contributed by atoms with Gasteiger partial charge in [0.15, 0.2) is 5.78 Å². The van der Waals surface area contributed by atoms with Crippen molar-refractivity contribution in [3.05, 3.63) is 65.0 Å². The van der Waals surface area contributed by atoms with Gasteiger partial charge >= 0.3 is 0 Å². The predicted molar refractivity (Wildman–Crippen MR) is 129 cm³/mol. The van der Waals surface area contributed by atoms with Gasteiger partial charge in [-0.15, -0.1) is 0 Å². The van der Waals surface area contributed by atoms with Crippen LogP contribution in [0.2, 0.25) is 0 Å². The fourth-order valence-corrected chi connectivity index (χ4v) is 5.80. The molecule has 3 aliphatic rings. The van der Waals surface area contributed by atoms with Crippen LogP contribution in [-0.4, -0.2) is 55.4 Å². The van der Waals surface area contributed by atoms with Crippen LogP contribution in [0.15, 0.2) is 42.5 Å². The molecule has 2 atom stereocenters. The first-order valence-electron chi connectivity index (χ1n) is 12.1. The maximum absolute atomic E-state index is 13.1. The maximum Gasteiger partial charge on any atom is 0.162 e. The summed E-state index contributed by atoms with van der Waals surface area (Å²) in [6.07, 6.45) is 2.53. The Kier molecular flexibility index (Phi) is 6.68. The van der Waals surface area contributed by atoms with Gasteiger partial charge in [0.1, 0.15) is 5.82 Å². The van der Waals surface area contributed by atoms with Gasteiger partial charge < -0.3 is 9.80 Å². The van der Waals surface area contributed by atoms with E-state index in [1.54, 1.807) is 12.1 Å². The number of fused-ring (bicyclic) bond motifs is 3. The summed E-state index contributed by atoms with van der Waals surface area (Å²) in [5.74, 6) is -0.197. The molecule has 2 aromatic carbocycles. The summed E-state index contributed by atoms with van der Waals surface area (Å²) in [5.41, 5.74) is 5.18. The number of ketones is 1. The monoisotopic (exact) mass is 437 g/mol. The Morgan fingerprint density at radius 3 is 2.59 bits per heavy atom. The summed E-state index contributed by atoms with van der Waals surface area (Å²) in [5, 5.41) is 0. The largest absolute Gasteiger partial charge is 0.374 e. The minimum atomic E-state index is -0.299. The van der Waals surface area contributed by atoms with E-state index in [1.165, 1.54) is 35.4 Å². The summed E-state index contributed by atoms with van der Waals surface area (Å²) in [7, 11) is 2.21. The number of halogens is 1. The lowest BCUT2D eigenvalue weighted by atomic mass is 9.83. The molecule has 3 heterocycles. The summed E-state index contributed by atoms with van der Waals surface area (Å²) in [6.45, 7) is 11.6. The number of Topliss-reactive ketones (excluding diaryl/α,β-unsaturated/α-hetero) is 1. The number of hydrogen-bond donors (Lipinski definition) is 0. The Labute approximate surface area is 192 Å². The molecule has 1 fully saturated rings. The van der Waals surface area contributed by atoms with E-state index in [2.05, 4.69) is 46.9 Å². The van der Waals surface area contributed by atoms with E-state index in [1.807, 2.05) is 13.8 Å². The van der Waals surface area contributed by atoms with Gasteiger partial charge in [0.25, 0.3) is 0 Å². The highest BCUT2D eigenvalue weighted by Crippen LogP contribution is 2.54. The van der Waals surface area contributed by atoms with Gasteiger partial charge in [-0.1, -0.05) is 26.0 Å². The third-order valence-electron chi connectivity index (χ3n) is 7.46. The molecule has 3 aliphatic heterocycles. The van der Waals surface area contributed by atoms with Gasteiger partial charge in [-0.05, 0) is 62.2 Å². The fourth-order valence-electron chi connectivity index (χ4n) is 5.80. The SMILES string of the molecule is CC.CN1CCC2(C)c3c(cccc31)C1CN(CCCC(=O)c3ccc(F)cc3)CCN12. The van der Waals surface area contributed by atoms with Crippen molar-refractivity contribution in [1.29, 1.82) is 0 Å². The van der Waals surface area contributed by atoms with E-state index in [-0.39, 0.29) is 17.1 Å². The molecule has 5 rings (SSSR count). The predicted octanol–water partition coefficient (Wildman–Crippen LogP) is 5.24. The number of rotatable bonds is 5. The van der Waals surface area contributed by atoms with Crippen molar-refractivity contribution in [3.8, 4) is 0 Å². The van der Waals surface area contributed by atoms with E-state index in [0.29, 0.717) is 18.0 Å². The van der Waals surface area contributed by atoms with Crippen molar-refractivity contribution in [2.75, 3.05) is 44.7 Å². The molecule has 0 radical (unpaired) electrons. The maximum atomic E-state index is 13.1. The normalized spacial score (nSPS) is 24.4. The first kappa shape index (κ1) is 22.9. The Bertz CT molecular complexity index is 960. The molecule has 2 unspecified atom stereocenters. The van der Waals surface area contributed by atoms with Crippen LogP contribution in [0.3, 0.4) is 0 Å². The number of carbonyl (C=O) groups excluding carboxylic acids is 1. The number of piperazine rings is 1. The smallest absolute Gasteiger partial charge is 0.162 e. The first-order valence-corrected chi connectivity index (χ1v) is 12.1. The summed E-state index contributed by atoms with van der Waals surface area (Å²) < 4.78 is 13.1. The second-order valence-corrected chi connectivity index (χ2v) is 9.23. The van der Waals surface area contributed by atoms with E-state index >= 15 is 0 Å². The van der Waals surface area contributed by atoms with Gasteiger partial charge in [0.05, 0.1) is 0 Å². The highest BCUT2D eigenvalue weighted by atomic mass is 19.1. The average molecular weight is 438 g/mol. The van der Waals surface area contributed by atoms with Gasteiger partial charge in [-0.2, -0.15) is 0 Å². The molecule has 0 amide bonds. The molecule has 0 N–H and O–H groups in total. The van der Waals surface area contributed by atoms with E-state index in [4.69, 9.17) is 0 Å². The summed E-state index contributed by atoms with van der Waals surface area (Å²) in [6, 6.07) is 13.1.